The van der Waals surface area contributed by atoms with Crippen LogP contribution in [-0.4, -0.2) is 17.3 Å². The van der Waals surface area contributed by atoms with E-state index in [2.05, 4.69) is 5.32 Å². The van der Waals surface area contributed by atoms with Gasteiger partial charge in [0.05, 0.1) is 16.3 Å². The summed E-state index contributed by atoms with van der Waals surface area (Å²) < 4.78 is 38.4. The number of nitrogens with one attached hydrogen (secondary N) is 2. The van der Waals surface area contributed by atoms with Crippen LogP contribution in [0.15, 0.2) is 18.2 Å². The molecule has 0 radical (unpaired) electrons. The van der Waals surface area contributed by atoms with Crippen LogP contribution in [-0.2, 0) is 5.72 Å². The zero-order chi connectivity index (χ0) is 12.8. The van der Waals surface area contributed by atoms with E-state index < -0.39 is 23.5 Å². The van der Waals surface area contributed by atoms with E-state index in [1.165, 1.54) is 23.5 Å². The first-order valence-corrected chi connectivity index (χ1v) is 4.81. The van der Waals surface area contributed by atoms with Crippen LogP contribution in [0.5, 0.6) is 0 Å². The van der Waals surface area contributed by atoms with Gasteiger partial charge in [0.25, 0.3) is 5.72 Å². The Morgan fingerprint density at radius 1 is 1.35 bits per heavy atom. The van der Waals surface area contributed by atoms with E-state index in [4.69, 9.17) is 11.6 Å². The summed E-state index contributed by atoms with van der Waals surface area (Å²) in [5.41, 5.74) is -4.28. The first-order valence-electron chi connectivity index (χ1n) is 4.43. The summed E-state index contributed by atoms with van der Waals surface area (Å²) in [6.07, 6.45) is -5.08. The number of alkyl halides is 3. The molecule has 0 spiro atoms. The third kappa shape index (κ3) is 1.71. The highest BCUT2D eigenvalue weighted by molar-refractivity contribution is 6.32. The van der Waals surface area contributed by atoms with Gasteiger partial charge in [-0.2, -0.15) is 13.2 Å². The number of halogens is 4. The van der Waals surface area contributed by atoms with Gasteiger partial charge in [-0.1, -0.05) is 17.7 Å². The first-order chi connectivity index (χ1) is 7.75. The monoisotopic (exact) mass is 266 g/mol. The maximum absolute atomic E-state index is 12.8. The molecule has 0 fully saturated rings. The number of hydrogen-bond donors (Lipinski definition) is 3. The minimum atomic E-state index is -5.08. The zero-order valence-corrected chi connectivity index (χ0v) is 8.86. The fraction of sp³-hybridized carbons (Fsp3) is 0.222. The predicted octanol–water partition coefficient (Wildman–Crippen LogP) is 2.18. The minimum Gasteiger partial charge on any atom is -0.360 e. The molecule has 0 saturated heterocycles. The molecular formula is C9H6ClF3N2O2. The van der Waals surface area contributed by atoms with E-state index in [9.17, 15) is 23.1 Å². The van der Waals surface area contributed by atoms with Gasteiger partial charge >= 0.3 is 12.2 Å². The van der Waals surface area contributed by atoms with Crippen LogP contribution < -0.4 is 10.6 Å². The SMILES string of the molecule is O=C1Nc2cccc(Cl)c2C(O)(C(F)(F)F)N1. The Labute approximate surface area is 98.4 Å². The van der Waals surface area contributed by atoms with Crippen molar-refractivity contribution in [1.82, 2.24) is 5.32 Å². The molecule has 2 rings (SSSR count). The Kier molecular flexibility index (Phi) is 2.48. The fourth-order valence-corrected chi connectivity index (χ4v) is 1.90. The lowest BCUT2D eigenvalue weighted by Gasteiger charge is -2.36. The smallest absolute Gasteiger partial charge is 0.360 e. The number of anilines is 1. The van der Waals surface area contributed by atoms with Gasteiger partial charge in [-0.15, -0.1) is 0 Å². The summed E-state index contributed by atoms with van der Waals surface area (Å²) in [5, 5.41) is 12.9. The van der Waals surface area contributed by atoms with E-state index in [0.29, 0.717) is 0 Å². The van der Waals surface area contributed by atoms with E-state index in [-0.39, 0.29) is 10.7 Å². The van der Waals surface area contributed by atoms with Gasteiger partial charge in [0.2, 0.25) is 0 Å². The zero-order valence-electron chi connectivity index (χ0n) is 8.10. The Morgan fingerprint density at radius 2 is 2.00 bits per heavy atom. The van der Waals surface area contributed by atoms with Crippen molar-refractivity contribution in [2.24, 2.45) is 0 Å². The number of hydrogen-bond acceptors (Lipinski definition) is 2. The predicted molar refractivity (Wildman–Crippen MR) is 53.6 cm³/mol. The maximum atomic E-state index is 12.8. The summed E-state index contributed by atoms with van der Waals surface area (Å²) in [6.45, 7) is 0. The average Bonchev–Trinajstić information content (AvgIpc) is 2.14. The summed E-state index contributed by atoms with van der Waals surface area (Å²) in [4.78, 5) is 11.1. The lowest BCUT2D eigenvalue weighted by atomic mass is 9.98. The molecule has 3 N–H and O–H groups in total. The third-order valence-electron chi connectivity index (χ3n) is 2.33. The Morgan fingerprint density at radius 3 is 2.59 bits per heavy atom. The van der Waals surface area contributed by atoms with E-state index in [1.807, 2.05) is 0 Å². The molecule has 0 aliphatic carbocycles. The van der Waals surface area contributed by atoms with Gasteiger partial charge in [0.15, 0.2) is 0 Å². The molecule has 2 amide bonds. The molecule has 0 bridgehead atoms. The maximum Gasteiger partial charge on any atom is 0.441 e. The van der Waals surface area contributed by atoms with Crippen molar-refractivity contribution in [3.63, 3.8) is 0 Å². The first kappa shape index (κ1) is 12.0. The van der Waals surface area contributed by atoms with E-state index in [1.54, 1.807) is 0 Å². The Hall–Kier alpha value is -1.47. The molecule has 1 aliphatic heterocycles. The van der Waals surface area contributed by atoms with Crippen molar-refractivity contribution in [1.29, 1.82) is 0 Å². The molecule has 8 heteroatoms. The number of carbonyl (C=O) groups excluding carboxylic acids is 1. The number of aliphatic hydroxyl groups is 1. The largest absolute Gasteiger partial charge is 0.441 e. The molecule has 0 saturated carbocycles. The van der Waals surface area contributed by atoms with Crippen LogP contribution in [0.2, 0.25) is 5.02 Å². The standard InChI is InChI=1S/C9H6ClF3N2O2/c10-4-2-1-3-5-6(4)8(17,9(11,12)13)15-7(16)14-5/h1-3,17H,(H2,14,15,16). The topological polar surface area (TPSA) is 61.4 Å². The van der Waals surface area contributed by atoms with Crippen molar-refractivity contribution in [3.05, 3.63) is 28.8 Å². The number of urea groups is 1. The average molecular weight is 267 g/mol. The molecule has 1 aromatic rings. The van der Waals surface area contributed by atoms with Crippen LogP contribution in [0.25, 0.3) is 0 Å². The van der Waals surface area contributed by atoms with Crippen LogP contribution >= 0.6 is 11.6 Å². The summed E-state index contributed by atoms with van der Waals surface area (Å²) in [5.74, 6) is 0. The third-order valence-corrected chi connectivity index (χ3v) is 2.64. The highest BCUT2D eigenvalue weighted by atomic mass is 35.5. The van der Waals surface area contributed by atoms with Crippen LogP contribution in [0, 0.1) is 0 Å². The van der Waals surface area contributed by atoms with Gasteiger partial charge < -0.3 is 10.4 Å². The van der Waals surface area contributed by atoms with Crippen LogP contribution in [0.4, 0.5) is 23.7 Å². The second-order valence-electron chi connectivity index (χ2n) is 3.45. The number of amides is 2. The molecule has 1 aliphatic rings. The van der Waals surface area contributed by atoms with E-state index >= 15 is 0 Å². The molecular weight excluding hydrogens is 261 g/mol. The molecule has 1 unspecified atom stereocenters. The second-order valence-corrected chi connectivity index (χ2v) is 3.86. The number of benzene rings is 1. The molecule has 17 heavy (non-hydrogen) atoms. The number of rotatable bonds is 0. The summed E-state index contributed by atoms with van der Waals surface area (Å²) in [6, 6.07) is 2.62. The van der Waals surface area contributed by atoms with Crippen molar-refractivity contribution in [2.45, 2.75) is 11.9 Å². The van der Waals surface area contributed by atoms with Crippen molar-refractivity contribution in [3.8, 4) is 0 Å². The fourth-order valence-electron chi connectivity index (χ4n) is 1.59. The molecule has 1 atom stereocenters. The Balaban J connectivity index is 2.70. The molecule has 1 heterocycles. The van der Waals surface area contributed by atoms with Gasteiger partial charge in [-0.05, 0) is 12.1 Å². The highest BCUT2D eigenvalue weighted by Gasteiger charge is 2.60. The number of carbonyl (C=O) groups is 1. The number of fused-ring (bicyclic) bond motifs is 1. The molecule has 4 nitrogen and oxygen atoms in total. The van der Waals surface area contributed by atoms with Gasteiger partial charge in [0.1, 0.15) is 0 Å². The van der Waals surface area contributed by atoms with Gasteiger partial charge in [0, 0.05) is 0 Å². The molecule has 0 aromatic heterocycles. The van der Waals surface area contributed by atoms with Gasteiger partial charge in [-0.25, -0.2) is 4.79 Å². The molecule has 1 aromatic carbocycles. The normalized spacial score (nSPS) is 23.7. The highest BCUT2D eigenvalue weighted by Crippen LogP contribution is 2.44. The Bertz CT molecular complexity index is 492. The summed E-state index contributed by atoms with van der Waals surface area (Å²) >= 11 is 5.63. The lowest BCUT2D eigenvalue weighted by Crippen LogP contribution is -2.60. The lowest BCUT2D eigenvalue weighted by molar-refractivity contribution is -0.274. The van der Waals surface area contributed by atoms with Crippen molar-refractivity contribution >= 4 is 23.3 Å². The second kappa shape index (κ2) is 3.51. The molecule has 92 valence electrons. The van der Waals surface area contributed by atoms with E-state index in [0.717, 1.165) is 0 Å². The van der Waals surface area contributed by atoms with Crippen molar-refractivity contribution < 1.29 is 23.1 Å². The van der Waals surface area contributed by atoms with Crippen molar-refractivity contribution in [2.75, 3.05) is 5.32 Å². The summed E-state index contributed by atoms with van der Waals surface area (Å²) in [7, 11) is 0. The quantitative estimate of drug-likeness (QED) is 0.674. The van der Waals surface area contributed by atoms with Gasteiger partial charge in [-0.3, -0.25) is 5.32 Å². The van der Waals surface area contributed by atoms with Crippen LogP contribution in [0.1, 0.15) is 5.56 Å². The van der Waals surface area contributed by atoms with Crippen LogP contribution in [0.3, 0.4) is 0 Å². The minimum absolute atomic E-state index is 0.180.